The lowest BCUT2D eigenvalue weighted by molar-refractivity contribution is 0.0951. The molecule has 0 radical (unpaired) electrons. The molecule has 0 atom stereocenters. The Morgan fingerprint density at radius 2 is 2.06 bits per heavy atom. The molecular formula is C10H11ClFNO3S. The van der Waals surface area contributed by atoms with E-state index >= 15 is 0 Å². The van der Waals surface area contributed by atoms with Gasteiger partial charge in [0.2, 0.25) is 0 Å². The zero-order valence-electron chi connectivity index (χ0n) is 9.25. The molecule has 0 aliphatic heterocycles. The van der Waals surface area contributed by atoms with Crippen molar-refractivity contribution in [2.45, 2.75) is 18.7 Å². The van der Waals surface area contributed by atoms with Gasteiger partial charge in [0.25, 0.3) is 15.0 Å². The third kappa shape index (κ3) is 3.17. The molecule has 1 amide bonds. The Labute approximate surface area is 103 Å². The maximum atomic E-state index is 13.5. The van der Waals surface area contributed by atoms with Gasteiger partial charge in [-0.05, 0) is 31.5 Å². The average Bonchev–Trinajstić information content (AvgIpc) is 2.15. The van der Waals surface area contributed by atoms with Gasteiger partial charge in [0, 0.05) is 17.2 Å². The van der Waals surface area contributed by atoms with Gasteiger partial charge in [0.15, 0.2) is 0 Å². The van der Waals surface area contributed by atoms with Crippen molar-refractivity contribution >= 4 is 25.6 Å². The van der Waals surface area contributed by atoms with Crippen molar-refractivity contribution in [3.63, 3.8) is 0 Å². The first-order chi connectivity index (χ1) is 7.77. The van der Waals surface area contributed by atoms with E-state index in [1.54, 1.807) is 6.92 Å². The molecule has 0 saturated carbocycles. The summed E-state index contributed by atoms with van der Waals surface area (Å²) in [7, 11) is 1.19. The predicted octanol–water partition coefficient (Wildman–Crippen LogP) is 1.81. The van der Waals surface area contributed by atoms with Crippen LogP contribution in [-0.2, 0) is 9.05 Å². The molecule has 0 heterocycles. The molecule has 1 rings (SSSR count). The van der Waals surface area contributed by atoms with Crippen molar-refractivity contribution in [2.75, 3.05) is 6.54 Å². The number of benzene rings is 1. The van der Waals surface area contributed by atoms with Gasteiger partial charge < -0.3 is 5.32 Å². The molecule has 0 bridgehead atoms. The van der Waals surface area contributed by atoms with Crippen molar-refractivity contribution < 1.29 is 17.6 Å². The van der Waals surface area contributed by atoms with Gasteiger partial charge in [-0.2, -0.15) is 0 Å². The Kier molecular flexibility index (Phi) is 4.11. The molecule has 1 N–H and O–H groups in total. The lowest BCUT2D eigenvalue weighted by Gasteiger charge is -2.07. The Morgan fingerprint density at radius 3 is 2.53 bits per heavy atom. The summed E-state index contributed by atoms with van der Waals surface area (Å²) in [6.45, 7) is 3.39. The summed E-state index contributed by atoms with van der Waals surface area (Å²) in [5, 5.41) is 2.38. The second-order valence-electron chi connectivity index (χ2n) is 3.39. The average molecular weight is 280 g/mol. The highest BCUT2D eigenvalue weighted by Crippen LogP contribution is 2.23. The molecule has 0 aromatic heterocycles. The van der Waals surface area contributed by atoms with Gasteiger partial charge in [-0.15, -0.1) is 0 Å². The summed E-state index contributed by atoms with van der Waals surface area (Å²) in [6.07, 6.45) is 0. The maximum absolute atomic E-state index is 13.5. The summed E-state index contributed by atoms with van der Waals surface area (Å²) in [5.74, 6) is -1.45. The summed E-state index contributed by atoms with van der Waals surface area (Å²) in [6, 6.07) is 1.91. The van der Waals surface area contributed by atoms with Crippen molar-refractivity contribution in [3.8, 4) is 0 Å². The lowest BCUT2D eigenvalue weighted by atomic mass is 10.1. The molecule has 0 unspecified atom stereocenters. The number of halogens is 2. The number of rotatable bonds is 3. The molecule has 7 heteroatoms. The van der Waals surface area contributed by atoms with Crippen molar-refractivity contribution in [1.29, 1.82) is 0 Å². The van der Waals surface area contributed by atoms with Crippen molar-refractivity contribution in [1.82, 2.24) is 5.32 Å². The van der Waals surface area contributed by atoms with E-state index in [0.29, 0.717) is 6.54 Å². The molecule has 0 saturated heterocycles. The fourth-order valence-electron chi connectivity index (χ4n) is 1.35. The van der Waals surface area contributed by atoms with Gasteiger partial charge in [-0.3, -0.25) is 4.79 Å². The number of nitrogens with one attached hydrogen (secondary N) is 1. The quantitative estimate of drug-likeness (QED) is 0.859. The number of amides is 1. The summed E-state index contributed by atoms with van der Waals surface area (Å²) >= 11 is 0. The van der Waals surface area contributed by atoms with Crippen LogP contribution in [0.25, 0.3) is 0 Å². The zero-order chi connectivity index (χ0) is 13.2. The molecular weight excluding hydrogens is 269 g/mol. The predicted molar refractivity (Wildman–Crippen MR) is 62.2 cm³/mol. The molecule has 0 aliphatic rings. The third-order valence-electron chi connectivity index (χ3n) is 2.11. The Hall–Kier alpha value is -1.14. The first-order valence-corrected chi connectivity index (χ1v) is 7.11. The first kappa shape index (κ1) is 13.9. The number of hydrogen-bond donors (Lipinski definition) is 1. The van der Waals surface area contributed by atoms with Gasteiger partial charge in [0.05, 0.1) is 10.5 Å². The van der Waals surface area contributed by atoms with Crippen LogP contribution in [0.4, 0.5) is 4.39 Å². The maximum Gasteiger partial charge on any atom is 0.261 e. The van der Waals surface area contributed by atoms with E-state index in [9.17, 15) is 17.6 Å². The van der Waals surface area contributed by atoms with Gasteiger partial charge in [-0.25, -0.2) is 12.8 Å². The van der Waals surface area contributed by atoms with E-state index in [2.05, 4.69) is 5.32 Å². The smallest absolute Gasteiger partial charge is 0.261 e. The highest BCUT2D eigenvalue weighted by atomic mass is 35.7. The minimum absolute atomic E-state index is 0.158. The van der Waals surface area contributed by atoms with E-state index in [4.69, 9.17) is 10.7 Å². The largest absolute Gasteiger partial charge is 0.352 e. The lowest BCUT2D eigenvalue weighted by Crippen LogP contribution is -2.24. The van der Waals surface area contributed by atoms with Crippen LogP contribution in [0.5, 0.6) is 0 Å². The SMILES string of the molecule is CCNC(=O)c1cc(S(=O)(=O)Cl)c(C)cc1F. The van der Waals surface area contributed by atoms with E-state index in [0.717, 1.165) is 12.1 Å². The highest BCUT2D eigenvalue weighted by Gasteiger charge is 2.20. The topological polar surface area (TPSA) is 63.2 Å². The monoisotopic (exact) mass is 279 g/mol. The first-order valence-electron chi connectivity index (χ1n) is 4.80. The van der Waals surface area contributed by atoms with Crippen LogP contribution in [0.1, 0.15) is 22.8 Å². The molecule has 17 heavy (non-hydrogen) atoms. The Bertz CT molecular complexity index is 557. The van der Waals surface area contributed by atoms with Crippen molar-refractivity contribution in [2.24, 2.45) is 0 Å². The second-order valence-corrected chi connectivity index (χ2v) is 5.93. The van der Waals surface area contributed by atoms with Crippen LogP contribution in [0.3, 0.4) is 0 Å². The third-order valence-corrected chi connectivity index (χ3v) is 3.57. The highest BCUT2D eigenvalue weighted by molar-refractivity contribution is 8.13. The minimum atomic E-state index is -4.00. The van der Waals surface area contributed by atoms with Gasteiger partial charge >= 0.3 is 0 Å². The van der Waals surface area contributed by atoms with Crippen LogP contribution >= 0.6 is 10.7 Å². The number of hydrogen-bond acceptors (Lipinski definition) is 3. The molecule has 94 valence electrons. The minimum Gasteiger partial charge on any atom is -0.352 e. The number of aryl methyl sites for hydroxylation is 1. The fraction of sp³-hybridized carbons (Fsp3) is 0.300. The number of carbonyl (C=O) groups excluding carboxylic acids is 1. The van der Waals surface area contributed by atoms with E-state index in [1.807, 2.05) is 0 Å². The Balaban J connectivity index is 3.39. The van der Waals surface area contributed by atoms with Crippen LogP contribution in [0, 0.1) is 12.7 Å². The van der Waals surface area contributed by atoms with Crippen LogP contribution in [0.2, 0.25) is 0 Å². The van der Waals surface area contributed by atoms with E-state index < -0.39 is 20.8 Å². The van der Waals surface area contributed by atoms with Gasteiger partial charge in [0.1, 0.15) is 5.82 Å². The molecule has 0 spiro atoms. The van der Waals surface area contributed by atoms with Crippen LogP contribution < -0.4 is 5.32 Å². The van der Waals surface area contributed by atoms with Crippen LogP contribution in [-0.4, -0.2) is 20.9 Å². The standard InChI is InChI=1S/C10H11ClFNO3S/c1-3-13-10(14)7-5-9(17(11,15)16)6(2)4-8(7)12/h4-5H,3H2,1-2H3,(H,13,14). The molecule has 4 nitrogen and oxygen atoms in total. The molecule has 0 fully saturated rings. The summed E-state index contributed by atoms with van der Waals surface area (Å²) in [5.41, 5.74) is -0.178. The van der Waals surface area contributed by atoms with E-state index in [1.165, 1.54) is 6.92 Å². The number of carbonyl (C=O) groups is 1. The van der Waals surface area contributed by atoms with Gasteiger partial charge in [-0.1, -0.05) is 0 Å². The normalized spacial score (nSPS) is 11.3. The van der Waals surface area contributed by atoms with E-state index in [-0.39, 0.29) is 16.0 Å². The second kappa shape index (κ2) is 5.01. The zero-order valence-corrected chi connectivity index (χ0v) is 10.8. The summed E-state index contributed by atoms with van der Waals surface area (Å²) in [4.78, 5) is 11.2. The summed E-state index contributed by atoms with van der Waals surface area (Å²) < 4.78 is 35.9. The molecule has 0 aliphatic carbocycles. The van der Waals surface area contributed by atoms with Crippen molar-refractivity contribution in [3.05, 3.63) is 29.1 Å². The van der Waals surface area contributed by atoms with Crippen LogP contribution in [0.15, 0.2) is 17.0 Å². The fourth-order valence-corrected chi connectivity index (χ4v) is 2.55. The molecule has 1 aromatic rings. The molecule has 1 aromatic carbocycles. The Morgan fingerprint density at radius 1 is 1.47 bits per heavy atom.